The van der Waals surface area contributed by atoms with E-state index in [1.165, 1.54) is 19.3 Å². The first kappa shape index (κ1) is 22.2. The number of halogens is 1. The molecule has 7 heteroatoms. The van der Waals surface area contributed by atoms with Crippen molar-refractivity contribution >= 4 is 29.9 Å². The lowest BCUT2D eigenvalue weighted by molar-refractivity contribution is 0.146. The fraction of sp³-hybridized carbons (Fsp3) is 0.429. The van der Waals surface area contributed by atoms with Crippen molar-refractivity contribution in [3.63, 3.8) is 0 Å². The Morgan fingerprint density at radius 1 is 1.21 bits per heavy atom. The Labute approximate surface area is 184 Å². The number of hydrogen-bond acceptors (Lipinski definition) is 4. The van der Waals surface area contributed by atoms with Crippen molar-refractivity contribution in [2.24, 2.45) is 4.99 Å². The lowest BCUT2D eigenvalue weighted by Crippen LogP contribution is -2.44. The zero-order valence-corrected chi connectivity index (χ0v) is 18.6. The predicted octanol–water partition coefficient (Wildman–Crippen LogP) is 3.66. The smallest absolute Gasteiger partial charge is 0.191 e. The first-order valence-electron chi connectivity index (χ1n) is 9.51. The van der Waals surface area contributed by atoms with Crippen LogP contribution in [0.4, 0.5) is 0 Å². The fourth-order valence-corrected chi connectivity index (χ4v) is 3.47. The molecule has 1 aliphatic rings. The van der Waals surface area contributed by atoms with Gasteiger partial charge in [-0.15, -0.1) is 24.0 Å². The summed E-state index contributed by atoms with van der Waals surface area (Å²) in [6, 6.07) is 14.0. The summed E-state index contributed by atoms with van der Waals surface area (Å²) in [7, 11) is 1.77. The standard InChI is InChI=1S/C21H27N5O.HI/c1-23-21(24-15-18-8-5-7-17(13-18)14-22)25-16-19(20-9-6-12-27-20)26-10-3-2-4-11-26;/h5-9,12-13,19H,2-4,10-11,15-16H2,1H3,(H2,23,24,25);1H. The summed E-state index contributed by atoms with van der Waals surface area (Å²) in [5.41, 5.74) is 1.72. The van der Waals surface area contributed by atoms with Crippen molar-refractivity contribution in [3.05, 3.63) is 59.5 Å². The minimum atomic E-state index is 0. The van der Waals surface area contributed by atoms with E-state index in [9.17, 15) is 0 Å². The Kier molecular flexibility index (Phi) is 9.31. The molecule has 0 amide bonds. The van der Waals surface area contributed by atoms with Gasteiger partial charge in [-0.05, 0) is 55.8 Å². The number of benzene rings is 1. The van der Waals surface area contributed by atoms with Gasteiger partial charge >= 0.3 is 0 Å². The maximum absolute atomic E-state index is 9.03. The molecule has 0 aliphatic carbocycles. The Morgan fingerprint density at radius 2 is 2.04 bits per heavy atom. The van der Waals surface area contributed by atoms with Crippen molar-refractivity contribution in [3.8, 4) is 6.07 Å². The van der Waals surface area contributed by atoms with Crippen LogP contribution < -0.4 is 10.6 Å². The van der Waals surface area contributed by atoms with E-state index in [2.05, 4.69) is 26.6 Å². The van der Waals surface area contributed by atoms with E-state index in [0.717, 1.165) is 36.9 Å². The largest absolute Gasteiger partial charge is 0.468 e. The molecule has 1 fully saturated rings. The van der Waals surface area contributed by atoms with Crippen molar-refractivity contribution in [2.75, 3.05) is 26.7 Å². The van der Waals surface area contributed by atoms with E-state index in [4.69, 9.17) is 9.68 Å². The van der Waals surface area contributed by atoms with E-state index in [-0.39, 0.29) is 30.0 Å². The number of guanidine groups is 1. The van der Waals surface area contributed by atoms with Crippen LogP contribution in [-0.4, -0.2) is 37.5 Å². The summed E-state index contributed by atoms with van der Waals surface area (Å²) in [5, 5.41) is 15.8. The number of hydrogen-bond donors (Lipinski definition) is 2. The number of nitriles is 1. The molecular formula is C21H28IN5O. The van der Waals surface area contributed by atoms with Gasteiger partial charge in [-0.2, -0.15) is 5.26 Å². The monoisotopic (exact) mass is 493 g/mol. The van der Waals surface area contributed by atoms with Crippen LogP contribution in [0, 0.1) is 11.3 Å². The highest BCUT2D eigenvalue weighted by Gasteiger charge is 2.24. The number of furan rings is 1. The molecule has 1 unspecified atom stereocenters. The van der Waals surface area contributed by atoms with Gasteiger partial charge in [-0.25, -0.2) is 0 Å². The molecule has 1 aromatic heterocycles. The molecule has 3 rings (SSSR count). The van der Waals surface area contributed by atoms with Gasteiger partial charge in [-0.1, -0.05) is 18.6 Å². The summed E-state index contributed by atoms with van der Waals surface area (Å²) in [6.45, 7) is 3.54. The van der Waals surface area contributed by atoms with E-state index < -0.39 is 0 Å². The van der Waals surface area contributed by atoms with Crippen LogP contribution in [0.5, 0.6) is 0 Å². The topological polar surface area (TPSA) is 76.6 Å². The Hall–Kier alpha value is -2.05. The third-order valence-corrected chi connectivity index (χ3v) is 4.91. The lowest BCUT2D eigenvalue weighted by atomic mass is 10.1. The minimum Gasteiger partial charge on any atom is -0.468 e. The summed E-state index contributed by atoms with van der Waals surface area (Å²) in [4.78, 5) is 6.81. The van der Waals surface area contributed by atoms with Gasteiger partial charge in [0.05, 0.1) is 23.9 Å². The van der Waals surface area contributed by atoms with Crippen LogP contribution in [0.2, 0.25) is 0 Å². The molecule has 0 saturated carbocycles. The molecular weight excluding hydrogens is 465 g/mol. The summed E-state index contributed by atoms with van der Waals surface area (Å²) in [5.74, 6) is 1.73. The van der Waals surface area contributed by atoms with E-state index >= 15 is 0 Å². The number of nitrogens with one attached hydrogen (secondary N) is 2. The molecule has 2 heterocycles. The van der Waals surface area contributed by atoms with E-state index in [0.29, 0.717) is 12.1 Å². The molecule has 2 aromatic rings. The van der Waals surface area contributed by atoms with E-state index in [1.54, 1.807) is 13.3 Å². The SMILES string of the molecule is CN=C(NCc1cccc(C#N)c1)NCC(c1ccco1)N1CCCCC1.I. The molecule has 1 atom stereocenters. The molecule has 1 saturated heterocycles. The van der Waals surface area contributed by atoms with Crippen molar-refractivity contribution in [1.82, 2.24) is 15.5 Å². The van der Waals surface area contributed by atoms with E-state index in [1.807, 2.05) is 36.4 Å². The number of likely N-dealkylation sites (tertiary alicyclic amines) is 1. The second-order valence-electron chi connectivity index (χ2n) is 6.75. The second kappa shape index (κ2) is 11.7. The van der Waals surface area contributed by atoms with Crippen molar-refractivity contribution < 1.29 is 4.42 Å². The number of rotatable bonds is 6. The van der Waals surface area contributed by atoms with Gasteiger partial charge < -0.3 is 15.1 Å². The maximum Gasteiger partial charge on any atom is 0.191 e. The highest BCUT2D eigenvalue weighted by Crippen LogP contribution is 2.24. The van der Waals surface area contributed by atoms with Crippen LogP contribution in [0.25, 0.3) is 0 Å². The van der Waals surface area contributed by atoms with Gasteiger partial charge in [0.25, 0.3) is 0 Å². The van der Waals surface area contributed by atoms with Gasteiger partial charge in [0.15, 0.2) is 5.96 Å². The van der Waals surface area contributed by atoms with Crippen LogP contribution in [-0.2, 0) is 6.54 Å². The van der Waals surface area contributed by atoms with Crippen LogP contribution in [0.15, 0.2) is 52.1 Å². The molecule has 1 aliphatic heterocycles. The molecule has 0 spiro atoms. The highest BCUT2D eigenvalue weighted by atomic mass is 127. The Bertz CT molecular complexity index is 778. The fourth-order valence-electron chi connectivity index (χ4n) is 3.47. The molecule has 150 valence electrons. The van der Waals surface area contributed by atoms with Crippen LogP contribution in [0.1, 0.15) is 42.2 Å². The zero-order chi connectivity index (χ0) is 18.9. The quantitative estimate of drug-likeness (QED) is 0.365. The summed E-state index contributed by atoms with van der Waals surface area (Å²) in [6.07, 6.45) is 5.51. The molecule has 0 bridgehead atoms. The number of piperidine rings is 1. The molecule has 0 radical (unpaired) electrons. The normalized spacial score (nSPS) is 15.9. The highest BCUT2D eigenvalue weighted by molar-refractivity contribution is 14.0. The Morgan fingerprint density at radius 3 is 2.71 bits per heavy atom. The van der Waals surface area contributed by atoms with Gasteiger partial charge in [0, 0.05) is 20.1 Å². The predicted molar refractivity (Wildman–Crippen MR) is 122 cm³/mol. The van der Waals surface area contributed by atoms with Gasteiger partial charge in [-0.3, -0.25) is 9.89 Å². The zero-order valence-electron chi connectivity index (χ0n) is 16.2. The average molecular weight is 493 g/mol. The lowest BCUT2D eigenvalue weighted by Gasteiger charge is -2.33. The third-order valence-electron chi connectivity index (χ3n) is 4.91. The van der Waals surface area contributed by atoms with Gasteiger partial charge in [0.1, 0.15) is 5.76 Å². The van der Waals surface area contributed by atoms with Crippen molar-refractivity contribution in [1.29, 1.82) is 5.26 Å². The first-order chi connectivity index (χ1) is 13.3. The van der Waals surface area contributed by atoms with Gasteiger partial charge in [0.2, 0.25) is 0 Å². The maximum atomic E-state index is 9.03. The third kappa shape index (κ3) is 6.24. The summed E-state index contributed by atoms with van der Waals surface area (Å²) < 4.78 is 5.70. The molecule has 2 N–H and O–H groups in total. The molecule has 6 nitrogen and oxygen atoms in total. The average Bonchev–Trinajstić information content (AvgIpc) is 3.26. The second-order valence-corrected chi connectivity index (χ2v) is 6.75. The molecule has 28 heavy (non-hydrogen) atoms. The summed E-state index contributed by atoms with van der Waals surface area (Å²) >= 11 is 0. The number of aliphatic imine (C=N–C) groups is 1. The van der Waals surface area contributed by atoms with Crippen LogP contribution >= 0.6 is 24.0 Å². The van der Waals surface area contributed by atoms with Crippen molar-refractivity contribution in [2.45, 2.75) is 31.8 Å². The first-order valence-corrected chi connectivity index (χ1v) is 9.51. The molecule has 1 aromatic carbocycles. The van der Waals surface area contributed by atoms with Crippen LogP contribution in [0.3, 0.4) is 0 Å². The number of nitrogens with zero attached hydrogens (tertiary/aromatic N) is 3. The minimum absolute atomic E-state index is 0. The Balaban J connectivity index is 0.00000280.